The number of esters is 1. The van der Waals surface area contributed by atoms with Crippen molar-refractivity contribution in [3.63, 3.8) is 0 Å². The molecule has 1 unspecified atom stereocenters. The summed E-state index contributed by atoms with van der Waals surface area (Å²) in [6.07, 6.45) is 4.90. The number of terminal acetylenes is 1. The lowest BCUT2D eigenvalue weighted by Gasteiger charge is -2.04. The monoisotopic (exact) mass is 152 g/mol. The molecule has 0 saturated heterocycles. The normalized spacial score (nSPS) is 10.8. The Bertz CT molecular complexity index is 211. The van der Waals surface area contributed by atoms with Crippen LogP contribution in [0.4, 0.5) is 0 Å². The predicted molar refractivity (Wildman–Crippen MR) is 38.3 cm³/mol. The van der Waals surface area contributed by atoms with Gasteiger partial charge in [0.15, 0.2) is 6.04 Å². The number of methoxy groups -OCH3 is 1. The first-order valence-electron chi connectivity index (χ1n) is 2.90. The maximum absolute atomic E-state index is 10.7. The molecule has 4 nitrogen and oxygen atoms in total. The second kappa shape index (κ2) is 5.28. The number of ether oxygens (including phenoxy) is 1. The fourth-order valence-electron chi connectivity index (χ4n) is 0.461. The third-order valence-electron chi connectivity index (χ3n) is 0.974. The van der Waals surface area contributed by atoms with Gasteiger partial charge in [-0.15, -0.1) is 6.42 Å². The summed E-state index contributed by atoms with van der Waals surface area (Å²) in [5.74, 6) is 1.62. The van der Waals surface area contributed by atoms with E-state index in [4.69, 9.17) is 11.7 Å². The van der Waals surface area contributed by atoms with Gasteiger partial charge in [0, 0.05) is 0 Å². The second-order valence-electron chi connectivity index (χ2n) is 1.67. The highest BCUT2D eigenvalue weighted by atomic mass is 16.5. The molecule has 0 saturated carbocycles. The summed E-state index contributed by atoms with van der Waals surface area (Å²) in [7, 11) is 1.21. The highest BCUT2D eigenvalue weighted by molar-refractivity contribution is 5.78. The molecule has 0 fully saturated rings. The van der Waals surface area contributed by atoms with Gasteiger partial charge in [-0.05, 0) is 0 Å². The minimum absolute atomic E-state index is 0.174. The smallest absolute Gasteiger partial charge is 0.337 e. The lowest BCUT2D eigenvalue weighted by atomic mass is 10.3. The predicted octanol–water partition coefficient (Wildman–Crippen LogP) is -0.726. The molecule has 0 bridgehead atoms. The van der Waals surface area contributed by atoms with E-state index in [1.54, 1.807) is 6.07 Å². The van der Waals surface area contributed by atoms with Crippen LogP contribution < -0.4 is 5.32 Å². The van der Waals surface area contributed by atoms with E-state index in [0.29, 0.717) is 0 Å². The Morgan fingerprint density at radius 1 is 1.91 bits per heavy atom. The number of nitriles is 1. The zero-order valence-electron chi connectivity index (χ0n) is 6.13. The summed E-state index contributed by atoms with van der Waals surface area (Å²) in [4.78, 5) is 10.7. The van der Waals surface area contributed by atoms with E-state index >= 15 is 0 Å². The van der Waals surface area contributed by atoms with Crippen molar-refractivity contribution in [2.24, 2.45) is 0 Å². The van der Waals surface area contributed by atoms with Crippen molar-refractivity contribution in [1.82, 2.24) is 5.32 Å². The van der Waals surface area contributed by atoms with Crippen molar-refractivity contribution in [2.45, 2.75) is 6.04 Å². The standard InChI is InChI=1S/C7H8N2O2/c1-3-4-9-6(5-8)7(10)11-2/h1,6,9H,4H2,2H3. The molecule has 1 atom stereocenters. The summed E-state index contributed by atoms with van der Waals surface area (Å²) in [6, 6.07) is 0.744. The molecule has 0 spiro atoms. The molecule has 0 aromatic rings. The van der Waals surface area contributed by atoms with Gasteiger partial charge in [-0.2, -0.15) is 5.26 Å². The molecular formula is C7H8N2O2. The third kappa shape index (κ3) is 3.24. The zero-order chi connectivity index (χ0) is 8.69. The number of rotatable bonds is 3. The molecular weight excluding hydrogens is 144 g/mol. The van der Waals surface area contributed by atoms with E-state index in [9.17, 15) is 4.79 Å². The fraction of sp³-hybridized carbons (Fsp3) is 0.429. The van der Waals surface area contributed by atoms with Gasteiger partial charge in [0.1, 0.15) is 0 Å². The number of carbonyl (C=O) groups is 1. The summed E-state index contributed by atoms with van der Waals surface area (Å²) in [5, 5.41) is 10.9. The molecule has 4 heteroatoms. The number of carbonyl (C=O) groups excluding carboxylic acids is 1. The summed E-state index contributed by atoms with van der Waals surface area (Å²) < 4.78 is 4.31. The molecule has 0 aromatic heterocycles. The van der Waals surface area contributed by atoms with Crippen LogP contribution in [0, 0.1) is 23.7 Å². The summed E-state index contributed by atoms with van der Waals surface area (Å²) in [5.41, 5.74) is 0. The van der Waals surface area contributed by atoms with E-state index in [1.165, 1.54) is 7.11 Å². The molecule has 0 heterocycles. The molecule has 0 radical (unpaired) electrons. The van der Waals surface area contributed by atoms with Crippen molar-refractivity contribution < 1.29 is 9.53 Å². The van der Waals surface area contributed by atoms with Crippen LogP contribution in [-0.4, -0.2) is 25.7 Å². The zero-order valence-corrected chi connectivity index (χ0v) is 6.13. The van der Waals surface area contributed by atoms with Gasteiger partial charge in [-0.3, -0.25) is 5.32 Å². The van der Waals surface area contributed by atoms with E-state index in [-0.39, 0.29) is 6.54 Å². The lowest BCUT2D eigenvalue weighted by molar-refractivity contribution is -0.141. The maximum Gasteiger partial charge on any atom is 0.337 e. The van der Waals surface area contributed by atoms with Gasteiger partial charge in [0.25, 0.3) is 0 Å². The van der Waals surface area contributed by atoms with Crippen molar-refractivity contribution in [1.29, 1.82) is 5.26 Å². The van der Waals surface area contributed by atoms with Gasteiger partial charge in [0.2, 0.25) is 0 Å². The van der Waals surface area contributed by atoms with E-state index in [2.05, 4.69) is 16.0 Å². The molecule has 0 aromatic carbocycles. The Hall–Kier alpha value is -1.52. The van der Waals surface area contributed by atoms with Gasteiger partial charge in [-0.1, -0.05) is 5.92 Å². The SMILES string of the molecule is C#CCNC(C#N)C(=O)OC. The van der Waals surface area contributed by atoms with Crippen LogP contribution in [0.2, 0.25) is 0 Å². The van der Waals surface area contributed by atoms with Crippen LogP contribution in [0.1, 0.15) is 0 Å². The van der Waals surface area contributed by atoms with Gasteiger partial charge >= 0.3 is 5.97 Å². The summed E-state index contributed by atoms with van der Waals surface area (Å²) in [6.45, 7) is 0.174. The quantitative estimate of drug-likeness (QED) is 0.428. The Balaban J connectivity index is 3.90. The minimum Gasteiger partial charge on any atom is -0.467 e. The number of nitrogens with zero attached hydrogens (tertiary/aromatic N) is 1. The molecule has 1 N–H and O–H groups in total. The van der Waals surface area contributed by atoms with Crippen molar-refractivity contribution in [2.75, 3.05) is 13.7 Å². The van der Waals surface area contributed by atoms with Gasteiger partial charge in [-0.25, -0.2) is 4.79 Å². The average molecular weight is 152 g/mol. The molecule has 0 aliphatic rings. The van der Waals surface area contributed by atoms with Crippen LogP contribution in [0.5, 0.6) is 0 Å². The number of hydrogen-bond donors (Lipinski definition) is 1. The van der Waals surface area contributed by atoms with Gasteiger partial charge in [0.05, 0.1) is 19.7 Å². The van der Waals surface area contributed by atoms with E-state index in [0.717, 1.165) is 0 Å². The molecule has 0 amide bonds. The van der Waals surface area contributed by atoms with Crippen LogP contribution >= 0.6 is 0 Å². The lowest BCUT2D eigenvalue weighted by Crippen LogP contribution is -2.36. The Morgan fingerprint density at radius 2 is 2.55 bits per heavy atom. The Morgan fingerprint density at radius 3 is 2.91 bits per heavy atom. The van der Waals surface area contributed by atoms with Crippen molar-refractivity contribution >= 4 is 5.97 Å². The van der Waals surface area contributed by atoms with Crippen LogP contribution in [0.3, 0.4) is 0 Å². The number of hydrogen-bond acceptors (Lipinski definition) is 4. The van der Waals surface area contributed by atoms with E-state index < -0.39 is 12.0 Å². The molecule has 58 valence electrons. The molecule has 11 heavy (non-hydrogen) atoms. The molecule has 0 aliphatic heterocycles. The first-order chi connectivity index (χ1) is 5.26. The number of nitrogens with one attached hydrogen (secondary N) is 1. The molecule has 0 rings (SSSR count). The third-order valence-corrected chi connectivity index (χ3v) is 0.974. The molecule has 0 aliphatic carbocycles. The van der Waals surface area contributed by atoms with Crippen LogP contribution in [0.25, 0.3) is 0 Å². The van der Waals surface area contributed by atoms with Gasteiger partial charge < -0.3 is 4.74 Å². The van der Waals surface area contributed by atoms with Crippen LogP contribution in [-0.2, 0) is 9.53 Å². The topological polar surface area (TPSA) is 62.1 Å². The second-order valence-corrected chi connectivity index (χ2v) is 1.67. The maximum atomic E-state index is 10.7. The highest BCUT2D eigenvalue weighted by Crippen LogP contribution is 1.83. The van der Waals surface area contributed by atoms with Crippen LogP contribution in [0.15, 0.2) is 0 Å². The first-order valence-corrected chi connectivity index (χ1v) is 2.90. The Labute approximate surface area is 65.1 Å². The highest BCUT2D eigenvalue weighted by Gasteiger charge is 2.15. The van der Waals surface area contributed by atoms with Crippen molar-refractivity contribution in [3.8, 4) is 18.4 Å². The first kappa shape index (κ1) is 9.48. The fourth-order valence-corrected chi connectivity index (χ4v) is 0.461. The summed E-state index contributed by atoms with van der Waals surface area (Å²) >= 11 is 0. The average Bonchev–Trinajstić information content (AvgIpc) is 2.05. The van der Waals surface area contributed by atoms with E-state index in [1.807, 2.05) is 0 Å². The Kier molecular flexibility index (Phi) is 4.55. The van der Waals surface area contributed by atoms with Crippen molar-refractivity contribution in [3.05, 3.63) is 0 Å². The minimum atomic E-state index is -0.962. The largest absolute Gasteiger partial charge is 0.467 e.